The molecule has 7 nitrogen and oxygen atoms in total. The Kier molecular flexibility index (Phi) is 5.96. The normalized spacial score (nSPS) is 28.0. The maximum Gasteiger partial charge on any atom is 0.315 e. The van der Waals surface area contributed by atoms with E-state index in [1.165, 1.54) is 0 Å². The van der Waals surface area contributed by atoms with E-state index < -0.39 is 0 Å². The van der Waals surface area contributed by atoms with E-state index in [0.29, 0.717) is 12.5 Å². The first-order valence-corrected chi connectivity index (χ1v) is 11.9. The zero-order valence-electron chi connectivity index (χ0n) is 19.1. The quantitative estimate of drug-likeness (QED) is 0.704. The van der Waals surface area contributed by atoms with Crippen LogP contribution in [-0.4, -0.2) is 41.5 Å². The van der Waals surface area contributed by atoms with Crippen molar-refractivity contribution >= 4 is 11.9 Å². The van der Waals surface area contributed by atoms with Crippen molar-refractivity contribution in [3.8, 4) is 5.75 Å². The van der Waals surface area contributed by atoms with Gasteiger partial charge in [0.15, 0.2) is 0 Å². The molecule has 1 aromatic carbocycles. The summed E-state index contributed by atoms with van der Waals surface area (Å²) in [6.07, 6.45) is 9.59. The molecule has 2 saturated carbocycles. The fourth-order valence-electron chi connectivity index (χ4n) is 5.93. The molecule has 2 N–H and O–H groups in total. The molecule has 0 radical (unpaired) electrons. The van der Waals surface area contributed by atoms with Gasteiger partial charge in [0.2, 0.25) is 5.91 Å². The number of hydrogen-bond acceptors (Lipinski definition) is 4. The molecular weight excluding hydrogens is 416 g/mol. The van der Waals surface area contributed by atoms with Crippen molar-refractivity contribution in [1.82, 2.24) is 20.5 Å². The number of carbonyl (C=O) groups is 2. The standard InChI is InChI=1S/C26H32N4O3/c1-33-22-8-6-18(7-9-22)16-28-25(32)29-21-14-26(15-21)12-20(13-26)24(31)30-11-3-5-23(30)19-4-2-10-27-17-19/h2,4,6-10,17,20-21,23H,3,5,11-16H2,1H3,(H2,28,29,32)/t20?,21?,23-,26?/m1/s1. The number of amides is 3. The van der Waals surface area contributed by atoms with Crippen molar-refractivity contribution in [2.75, 3.05) is 13.7 Å². The third-order valence-corrected chi connectivity index (χ3v) is 7.62. The van der Waals surface area contributed by atoms with Crippen LogP contribution in [0.25, 0.3) is 0 Å². The van der Waals surface area contributed by atoms with Crippen molar-refractivity contribution in [3.05, 3.63) is 59.9 Å². The number of aromatic nitrogens is 1. The first kappa shape index (κ1) is 21.7. The topological polar surface area (TPSA) is 83.6 Å². The number of pyridine rings is 1. The number of urea groups is 1. The number of ether oxygens (including phenoxy) is 1. The van der Waals surface area contributed by atoms with Gasteiger partial charge < -0.3 is 20.3 Å². The van der Waals surface area contributed by atoms with Crippen molar-refractivity contribution in [2.45, 2.75) is 57.2 Å². The summed E-state index contributed by atoms with van der Waals surface area (Å²) in [6.45, 7) is 1.33. The number of rotatable bonds is 6. The minimum atomic E-state index is -0.131. The average Bonchev–Trinajstić information content (AvgIpc) is 3.29. The van der Waals surface area contributed by atoms with E-state index in [9.17, 15) is 9.59 Å². The number of benzene rings is 1. The second kappa shape index (κ2) is 9.04. The summed E-state index contributed by atoms with van der Waals surface area (Å²) in [4.78, 5) is 31.8. The number of hydrogen-bond donors (Lipinski definition) is 2. The second-order valence-electron chi connectivity index (χ2n) is 9.86. The lowest BCUT2D eigenvalue weighted by Gasteiger charge is -2.57. The van der Waals surface area contributed by atoms with E-state index in [1.54, 1.807) is 13.3 Å². The fourth-order valence-corrected chi connectivity index (χ4v) is 5.93. The first-order valence-electron chi connectivity index (χ1n) is 11.9. The highest BCUT2D eigenvalue weighted by Crippen LogP contribution is 2.59. The lowest BCUT2D eigenvalue weighted by molar-refractivity contribution is -0.150. The van der Waals surface area contributed by atoms with E-state index in [0.717, 1.165) is 61.9 Å². The van der Waals surface area contributed by atoms with Crippen LogP contribution >= 0.6 is 0 Å². The molecule has 5 rings (SSSR count). The van der Waals surface area contributed by atoms with Crippen LogP contribution in [0.5, 0.6) is 5.75 Å². The van der Waals surface area contributed by atoms with Crippen LogP contribution in [0.4, 0.5) is 4.79 Å². The minimum Gasteiger partial charge on any atom is -0.497 e. The monoisotopic (exact) mass is 448 g/mol. The zero-order valence-corrected chi connectivity index (χ0v) is 19.1. The van der Waals surface area contributed by atoms with Gasteiger partial charge in [-0.1, -0.05) is 18.2 Å². The largest absolute Gasteiger partial charge is 0.497 e. The van der Waals surface area contributed by atoms with Crippen molar-refractivity contribution in [2.24, 2.45) is 11.3 Å². The highest BCUT2D eigenvalue weighted by Gasteiger charge is 2.56. The van der Waals surface area contributed by atoms with Gasteiger partial charge in [0.25, 0.3) is 0 Å². The van der Waals surface area contributed by atoms with Crippen LogP contribution in [-0.2, 0) is 11.3 Å². The Balaban J connectivity index is 1.04. The molecule has 1 aromatic heterocycles. The highest BCUT2D eigenvalue weighted by atomic mass is 16.5. The van der Waals surface area contributed by atoms with Crippen molar-refractivity contribution < 1.29 is 14.3 Å². The Hall–Kier alpha value is -3.09. The van der Waals surface area contributed by atoms with Gasteiger partial charge in [-0.3, -0.25) is 9.78 Å². The maximum atomic E-state index is 13.2. The lowest BCUT2D eigenvalue weighted by Crippen LogP contribution is -2.59. The maximum absolute atomic E-state index is 13.2. The van der Waals surface area contributed by atoms with Gasteiger partial charge in [0, 0.05) is 37.4 Å². The van der Waals surface area contributed by atoms with Crippen LogP contribution < -0.4 is 15.4 Å². The molecular formula is C26H32N4O3. The number of nitrogens with one attached hydrogen (secondary N) is 2. The second-order valence-corrected chi connectivity index (χ2v) is 9.86. The zero-order chi connectivity index (χ0) is 22.8. The van der Waals surface area contributed by atoms with Gasteiger partial charge in [-0.15, -0.1) is 0 Å². The summed E-state index contributed by atoms with van der Waals surface area (Å²) in [7, 11) is 1.64. The minimum absolute atomic E-state index is 0.131. The molecule has 1 saturated heterocycles. The third kappa shape index (κ3) is 4.54. The van der Waals surface area contributed by atoms with Crippen molar-refractivity contribution in [3.63, 3.8) is 0 Å². The fraction of sp³-hybridized carbons (Fsp3) is 0.500. The Morgan fingerprint density at radius 3 is 2.64 bits per heavy atom. The molecule has 3 amide bonds. The molecule has 2 heterocycles. The van der Waals surface area contributed by atoms with Crippen molar-refractivity contribution in [1.29, 1.82) is 0 Å². The van der Waals surface area contributed by atoms with E-state index in [2.05, 4.69) is 26.6 Å². The molecule has 2 aliphatic carbocycles. The highest BCUT2D eigenvalue weighted by molar-refractivity contribution is 5.81. The summed E-state index contributed by atoms with van der Waals surface area (Å²) in [5.41, 5.74) is 2.42. The molecule has 0 bridgehead atoms. The summed E-state index contributed by atoms with van der Waals surface area (Å²) >= 11 is 0. The summed E-state index contributed by atoms with van der Waals surface area (Å²) < 4.78 is 5.16. The van der Waals surface area contributed by atoms with Gasteiger partial charge in [0.05, 0.1) is 13.2 Å². The van der Waals surface area contributed by atoms with E-state index in [4.69, 9.17) is 4.74 Å². The van der Waals surface area contributed by atoms with Crippen LogP contribution in [0.2, 0.25) is 0 Å². The predicted octanol–water partition coefficient (Wildman–Crippen LogP) is 3.81. The Labute approximate surface area is 194 Å². The van der Waals surface area contributed by atoms with Crippen LogP contribution in [0, 0.1) is 11.3 Å². The van der Waals surface area contributed by atoms with E-state index >= 15 is 0 Å². The third-order valence-electron chi connectivity index (χ3n) is 7.62. The number of nitrogens with zero attached hydrogens (tertiary/aromatic N) is 2. The van der Waals surface area contributed by atoms with E-state index in [-0.39, 0.29) is 29.4 Å². The van der Waals surface area contributed by atoms with E-state index in [1.807, 2.05) is 36.5 Å². The SMILES string of the molecule is COc1ccc(CNC(=O)NC2CC3(C2)CC(C(=O)N2CCC[C@@H]2c2cccnc2)C3)cc1. The molecule has 3 aliphatic rings. The Morgan fingerprint density at radius 2 is 1.94 bits per heavy atom. The molecule has 3 fully saturated rings. The smallest absolute Gasteiger partial charge is 0.315 e. The van der Waals surface area contributed by atoms with Gasteiger partial charge in [0.1, 0.15) is 5.75 Å². The average molecular weight is 449 g/mol. The molecule has 0 unspecified atom stereocenters. The molecule has 7 heteroatoms. The first-order chi connectivity index (χ1) is 16.0. The summed E-state index contributed by atoms with van der Waals surface area (Å²) in [5.74, 6) is 1.24. The lowest BCUT2D eigenvalue weighted by atomic mass is 9.50. The molecule has 174 valence electrons. The van der Waals surface area contributed by atoms with Crippen LogP contribution in [0.15, 0.2) is 48.8 Å². The molecule has 1 atom stereocenters. The van der Waals surface area contributed by atoms with Gasteiger partial charge >= 0.3 is 6.03 Å². The molecule has 1 aliphatic heterocycles. The summed E-state index contributed by atoms with van der Waals surface area (Å²) in [5, 5.41) is 6.01. The Bertz CT molecular complexity index is 980. The molecule has 1 spiro atoms. The van der Waals surface area contributed by atoms with Crippen LogP contribution in [0.3, 0.4) is 0 Å². The van der Waals surface area contributed by atoms with Crippen LogP contribution in [0.1, 0.15) is 55.7 Å². The number of likely N-dealkylation sites (tertiary alicyclic amines) is 1. The van der Waals surface area contributed by atoms with Gasteiger partial charge in [-0.05, 0) is 73.3 Å². The van der Waals surface area contributed by atoms with Gasteiger partial charge in [-0.2, -0.15) is 0 Å². The molecule has 33 heavy (non-hydrogen) atoms. The Morgan fingerprint density at radius 1 is 1.15 bits per heavy atom. The van der Waals surface area contributed by atoms with Gasteiger partial charge in [-0.25, -0.2) is 4.79 Å². The molecule has 2 aromatic rings. The number of methoxy groups -OCH3 is 1. The number of carbonyl (C=O) groups excluding carboxylic acids is 2. The predicted molar refractivity (Wildman–Crippen MR) is 124 cm³/mol. The summed E-state index contributed by atoms with van der Waals surface area (Å²) in [6, 6.07) is 11.9.